The monoisotopic (exact) mass is 456 g/mol. The SMILES string of the molecule is N#Cc1c(F)c(Br)cc(Br)c1N1C(N)=NC(N)=NC12CCCCC2. The molecule has 1 aromatic rings. The first kappa shape index (κ1) is 17.2. The van der Waals surface area contributed by atoms with Crippen molar-refractivity contribution in [1.82, 2.24) is 0 Å². The molecule has 1 spiro atoms. The topological polar surface area (TPSA) is 104 Å². The summed E-state index contributed by atoms with van der Waals surface area (Å²) in [5.41, 5.74) is 11.5. The summed E-state index contributed by atoms with van der Waals surface area (Å²) < 4.78 is 15.2. The van der Waals surface area contributed by atoms with Crippen molar-refractivity contribution in [3.63, 3.8) is 0 Å². The molecule has 0 amide bonds. The van der Waals surface area contributed by atoms with E-state index < -0.39 is 11.5 Å². The minimum Gasteiger partial charge on any atom is -0.369 e. The number of nitrogens with zero attached hydrogens (tertiary/aromatic N) is 4. The van der Waals surface area contributed by atoms with Crippen LogP contribution in [-0.2, 0) is 0 Å². The van der Waals surface area contributed by atoms with Crippen molar-refractivity contribution >= 4 is 49.5 Å². The second kappa shape index (κ2) is 6.33. The summed E-state index contributed by atoms with van der Waals surface area (Å²) in [5, 5.41) is 9.50. The maximum Gasteiger partial charge on any atom is 0.220 e. The van der Waals surface area contributed by atoms with E-state index in [-0.39, 0.29) is 22.0 Å². The van der Waals surface area contributed by atoms with Crippen molar-refractivity contribution in [2.75, 3.05) is 4.90 Å². The van der Waals surface area contributed by atoms with E-state index in [0.717, 1.165) is 19.3 Å². The van der Waals surface area contributed by atoms with Crippen molar-refractivity contribution in [3.8, 4) is 6.07 Å². The number of nitriles is 1. The molecule has 2 aliphatic rings. The summed E-state index contributed by atoms with van der Waals surface area (Å²) in [4.78, 5) is 10.2. The molecule has 1 aliphatic carbocycles. The fourth-order valence-corrected chi connectivity index (χ4v) is 4.69. The number of nitrogens with two attached hydrogens (primary N) is 2. The van der Waals surface area contributed by atoms with Gasteiger partial charge in [0.1, 0.15) is 17.3 Å². The number of rotatable bonds is 1. The van der Waals surface area contributed by atoms with Crippen LogP contribution in [0.15, 0.2) is 25.0 Å². The van der Waals surface area contributed by atoms with Gasteiger partial charge >= 0.3 is 0 Å². The van der Waals surface area contributed by atoms with Crippen LogP contribution in [0.1, 0.15) is 37.7 Å². The van der Waals surface area contributed by atoms with E-state index in [1.165, 1.54) is 0 Å². The second-order valence-electron chi connectivity index (χ2n) is 5.81. The Morgan fingerprint density at radius 1 is 1.21 bits per heavy atom. The Kier molecular flexibility index (Phi) is 4.53. The molecule has 0 saturated heterocycles. The molecular formula is C15H15Br2FN6. The van der Waals surface area contributed by atoms with Crippen LogP contribution >= 0.6 is 31.9 Å². The molecule has 0 radical (unpaired) electrons. The summed E-state index contributed by atoms with van der Waals surface area (Å²) in [6.07, 6.45) is 4.39. The first-order valence-electron chi connectivity index (χ1n) is 7.47. The van der Waals surface area contributed by atoms with Gasteiger partial charge in [-0.25, -0.2) is 9.38 Å². The highest BCUT2D eigenvalue weighted by Crippen LogP contribution is 2.44. The minimum atomic E-state index is -0.734. The Morgan fingerprint density at radius 2 is 1.88 bits per heavy atom. The summed E-state index contributed by atoms with van der Waals surface area (Å²) in [7, 11) is 0. The van der Waals surface area contributed by atoms with Crippen molar-refractivity contribution < 1.29 is 4.39 Å². The third-order valence-corrected chi connectivity index (χ3v) is 5.51. The predicted octanol–water partition coefficient (Wildman–Crippen LogP) is 3.33. The van der Waals surface area contributed by atoms with E-state index in [1.807, 2.05) is 6.07 Å². The highest BCUT2D eigenvalue weighted by Gasteiger charge is 2.44. The zero-order valence-corrected chi connectivity index (χ0v) is 15.9. The summed E-state index contributed by atoms with van der Waals surface area (Å²) in [6.45, 7) is 0. The van der Waals surface area contributed by atoms with E-state index in [0.29, 0.717) is 23.0 Å². The Balaban J connectivity index is 2.26. The average Bonchev–Trinajstić information content (AvgIpc) is 2.52. The number of guanidine groups is 2. The van der Waals surface area contributed by atoms with Gasteiger partial charge in [0.15, 0.2) is 5.82 Å². The molecule has 3 rings (SSSR count). The van der Waals surface area contributed by atoms with Crippen LogP contribution in [0.3, 0.4) is 0 Å². The molecule has 0 aromatic heterocycles. The van der Waals surface area contributed by atoms with Crippen LogP contribution in [-0.4, -0.2) is 17.6 Å². The van der Waals surface area contributed by atoms with Crippen LogP contribution in [0.4, 0.5) is 10.1 Å². The summed E-state index contributed by atoms with van der Waals surface area (Å²) in [5.74, 6) is -0.418. The van der Waals surface area contributed by atoms with Gasteiger partial charge in [-0.15, -0.1) is 0 Å². The average molecular weight is 458 g/mol. The fraction of sp³-hybridized carbons (Fsp3) is 0.400. The van der Waals surface area contributed by atoms with Gasteiger partial charge in [-0.2, -0.15) is 10.3 Å². The number of benzene rings is 1. The first-order valence-corrected chi connectivity index (χ1v) is 9.05. The molecular weight excluding hydrogens is 443 g/mol. The summed E-state index contributed by atoms with van der Waals surface area (Å²) >= 11 is 6.55. The van der Waals surface area contributed by atoms with Crippen LogP contribution in [0.25, 0.3) is 0 Å². The van der Waals surface area contributed by atoms with E-state index in [9.17, 15) is 9.65 Å². The lowest BCUT2D eigenvalue weighted by atomic mass is 9.87. The van der Waals surface area contributed by atoms with E-state index >= 15 is 0 Å². The van der Waals surface area contributed by atoms with Gasteiger partial charge in [0.25, 0.3) is 0 Å². The maximum atomic E-state index is 14.5. The van der Waals surface area contributed by atoms with E-state index in [1.54, 1.807) is 11.0 Å². The van der Waals surface area contributed by atoms with Crippen LogP contribution < -0.4 is 16.4 Å². The number of anilines is 1. The van der Waals surface area contributed by atoms with Crippen LogP contribution in [0, 0.1) is 17.1 Å². The third kappa shape index (κ3) is 2.67. The Morgan fingerprint density at radius 3 is 2.50 bits per heavy atom. The molecule has 0 unspecified atom stereocenters. The van der Waals surface area contributed by atoms with Crippen molar-refractivity contribution in [1.29, 1.82) is 5.26 Å². The van der Waals surface area contributed by atoms with Gasteiger partial charge in [-0.05, 0) is 63.6 Å². The van der Waals surface area contributed by atoms with Crippen molar-refractivity contribution in [2.45, 2.75) is 37.8 Å². The lowest BCUT2D eigenvalue weighted by molar-refractivity contribution is 0.305. The standard InChI is InChI=1S/C15H15Br2FN6/c16-9-6-10(17)12(8(7-19)11(9)18)24-14(21)22-13(20)23-15(24)4-2-1-3-5-15/h6H,1-5H2,(H4,20,21,22,23). The highest BCUT2D eigenvalue weighted by molar-refractivity contribution is 9.11. The van der Waals surface area contributed by atoms with Gasteiger partial charge in [0.05, 0.1) is 10.2 Å². The van der Waals surface area contributed by atoms with Crippen molar-refractivity contribution in [3.05, 3.63) is 26.4 Å². The normalized spacial score (nSPS) is 19.7. The predicted molar refractivity (Wildman–Crippen MR) is 98.1 cm³/mol. The Hall–Kier alpha value is -1.66. The molecule has 1 aliphatic heterocycles. The van der Waals surface area contributed by atoms with E-state index in [2.05, 4.69) is 41.8 Å². The largest absolute Gasteiger partial charge is 0.369 e. The molecule has 126 valence electrons. The van der Waals surface area contributed by atoms with Gasteiger partial charge < -0.3 is 11.5 Å². The molecule has 0 bridgehead atoms. The van der Waals surface area contributed by atoms with Gasteiger partial charge in [0, 0.05) is 4.47 Å². The van der Waals surface area contributed by atoms with Crippen LogP contribution in [0.2, 0.25) is 0 Å². The van der Waals surface area contributed by atoms with E-state index in [4.69, 9.17) is 11.5 Å². The Labute approximate surface area is 155 Å². The molecule has 9 heteroatoms. The second-order valence-corrected chi connectivity index (χ2v) is 7.52. The number of hydrogen-bond acceptors (Lipinski definition) is 6. The molecule has 0 atom stereocenters. The fourth-order valence-electron chi connectivity index (χ4n) is 3.35. The lowest BCUT2D eigenvalue weighted by Gasteiger charge is -2.46. The molecule has 1 aromatic carbocycles. The molecule has 4 N–H and O–H groups in total. The smallest absolute Gasteiger partial charge is 0.220 e. The van der Waals surface area contributed by atoms with Gasteiger partial charge in [-0.3, -0.25) is 4.90 Å². The molecule has 1 saturated carbocycles. The quantitative estimate of drug-likeness (QED) is 0.631. The number of halogens is 3. The maximum absolute atomic E-state index is 14.5. The zero-order valence-electron chi connectivity index (χ0n) is 12.7. The highest BCUT2D eigenvalue weighted by atomic mass is 79.9. The summed E-state index contributed by atoms with van der Waals surface area (Å²) in [6, 6.07) is 3.48. The zero-order chi connectivity index (χ0) is 17.5. The third-order valence-electron chi connectivity index (χ3n) is 4.33. The first-order chi connectivity index (χ1) is 11.4. The Bertz CT molecular complexity index is 792. The molecule has 1 fully saturated rings. The molecule has 1 heterocycles. The lowest BCUT2D eigenvalue weighted by Crippen LogP contribution is -2.58. The molecule has 6 nitrogen and oxygen atoms in total. The van der Waals surface area contributed by atoms with Gasteiger partial charge in [-0.1, -0.05) is 6.42 Å². The molecule has 24 heavy (non-hydrogen) atoms. The number of aliphatic imine (C=N–C) groups is 2. The minimum absolute atomic E-state index is 0.109. The van der Waals surface area contributed by atoms with Crippen LogP contribution in [0.5, 0.6) is 0 Å². The van der Waals surface area contributed by atoms with Crippen molar-refractivity contribution in [2.24, 2.45) is 21.5 Å². The van der Waals surface area contributed by atoms with Gasteiger partial charge in [0.2, 0.25) is 11.9 Å². The number of hydrogen-bond donors (Lipinski definition) is 2.